The van der Waals surface area contributed by atoms with E-state index in [-0.39, 0.29) is 19.4 Å². The Kier molecular flexibility index (Phi) is 5.53. The number of anilines is 1. The molecule has 7 nitrogen and oxygen atoms in total. The lowest BCUT2D eigenvalue weighted by Gasteiger charge is -2.13. The van der Waals surface area contributed by atoms with E-state index in [4.69, 9.17) is 15.6 Å². The summed E-state index contributed by atoms with van der Waals surface area (Å²) in [6.45, 7) is 0.265. The van der Waals surface area contributed by atoms with Gasteiger partial charge in [-0.25, -0.2) is 9.78 Å². The Morgan fingerprint density at radius 1 is 1.67 bits per heavy atom. The average molecular weight is 273 g/mol. The van der Waals surface area contributed by atoms with E-state index in [1.807, 2.05) is 0 Å². The van der Waals surface area contributed by atoms with Crippen molar-refractivity contribution in [3.05, 3.63) is 11.1 Å². The third kappa shape index (κ3) is 4.68. The van der Waals surface area contributed by atoms with E-state index in [9.17, 15) is 9.59 Å². The second-order valence-corrected chi connectivity index (χ2v) is 4.48. The van der Waals surface area contributed by atoms with Crippen LogP contribution in [0, 0.1) is 0 Å². The van der Waals surface area contributed by atoms with Crippen molar-refractivity contribution < 1.29 is 19.4 Å². The monoisotopic (exact) mass is 273 g/mol. The highest BCUT2D eigenvalue weighted by Gasteiger charge is 2.19. The van der Waals surface area contributed by atoms with Crippen LogP contribution < -0.4 is 11.1 Å². The molecule has 0 aromatic carbocycles. The lowest BCUT2D eigenvalue weighted by Crippen LogP contribution is -2.42. The summed E-state index contributed by atoms with van der Waals surface area (Å²) < 4.78 is 4.78. The topological polar surface area (TPSA) is 115 Å². The Hall–Kier alpha value is -1.67. The van der Waals surface area contributed by atoms with Crippen molar-refractivity contribution in [3.63, 3.8) is 0 Å². The number of nitrogens with zero attached hydrogens (tertiary/aromatic N) is 1. The van der Waals surface area contributed by atoms with E-state index in [0.717, 1.165) is 0 Å². The molecule has 0 aliphatic carbocycles. The molecule has 4 N–H and O–H groups in total. The average Bonchev–Trinajstić information content (AvgIpc) is 2.69. The maximum absolute atomic E-state index is 11.6. The Balaban J connectivity index is 2.48. The first-order valence-corrected chi connectivity index (χ1v) is 6.12. The molecule has 100 valence electrons. The molecular formula is C10H15N3O4S. The Morgan fingerprint density at radius 2 is 2.39 bits per heavy atom. The molecule has 18 heavy (non-hydrogen) atoms. The molecule has 0 radical (unpaired) electrons. The molecule has 0 saturated heterocycles. The van der Waals surface area contributed by atoms with Crippen LogP contribution in [-0.4, -0.2) is 41.7 Å². The number of carboxylic acid groups (broad SMARTS) is 1. The summed E-state index contributed by atoms with van der Waals surface area (Å²) in [4.78, 5) is 26.4. The number of nitrogens with two attached hydrogens (primary N) is 1. The number of aromatic nitrogens is 1. The minimum absolute atomic E-state index is 0.0183. The van der Waals surface area contributed by atoms with Gasteiger partial charge in [-0.2, -0.15) is 0 Å². The first kappa shape index (κ1) is 14.4. The minimum atomic E-state index is -1.09. The molecule has 1 unspecified atom stereocenters. The standard InChI is InChI=1S/C10H15N3O4S/c1-17-3-2-7(9(15)16)13-8(14)4-6-5-18-10(11)12-6/h5,7H,2-4H2,1H3,(H2,11,12)(H,13,14)(H,15,16). The molecule has 1 aromatic rings. The van der Waals surface area contributed by atoms with Gasteiger partial charge in [0.1, 0.15) is 6.04 Å². The summed E-state index contributed by atoms with van der Waals surface area (Å²) >= 11 is 1.24. The van der Waals surface area contributed by atoms with Gasteiger partial charge in [0.05, 0.1) is 12.1 Å². The second kappa shape index (κ2) is 6.92. The van der Waals surface area contributed by atoms with Gasteiger partial charge in [0.2, 0.25) is 5.91 Å². The summed E-state index contributed by atoms with van der Waals surface area (Å²) in [5.41, 5.74) is 5.97. The van der Waals surface area contributed by atoms with Crippen molar-refractivity contribution in [1.82, 2.24) is 10.3 Å². The zero-order chi connectivity index (χ0) is 13.5. The predicted molar refractivity (Wildman–Crippen MR) is 66.3 cm³/mol. The lowest BCUT2D eigenvalue weighted by atomic mass is 10.2. The smallest absolute Gasteiger partial charge is 0.326 e. The number of hydrogen-bond acceptors (Lipinski definition) is 6. The Bertz CT molecular complexity index is 421. The van der Waals surface area contributed by atoms with Gasteiger partial charge in [-0.1, -0.05) is 0 Å². The van der Waals surface area contributed by atoms with Crippen LogP contribution in [0.1, 0.15) is 12.1 Å². The van der Waals surface area contributed by atoms with Gasteiger partial charge in [-0.3, -0.25) is 4.79 Å². The number of carbonyl (C=O) groups excluding carboxylic acids is 1. The van der Waals surface area contributed by atoms with E-state index in [1.165, 1.54) is 18.4 Å². The van der Waals surface area contributed by atoms with Crippen LogP contribution in [-0.2, 0) is 20.7 Å². The van der Waals surface area contributed by atoms with Gasteiger partial charge in [-0.15, -0.1) is 11.3 Å². The molecule has 1 rings (SSSR count). The van der Waals surface area contributed by atoms with Crippen LogP contribution in [0.2, 0.25) is 0 Å². The molecule has 8 heteroatoms. The minimum Gasteiger partial charge on any atom is -0.480 e. The maximum Gasteiger partial charge on any atom is 0.326 e. The largest absolute Gasteiger partial charge is 0.480 e. The van der Waals surface area contributed by atoms with Gasteiger partial charge in [0.15, 0.2) is 5.13 Å². The highest BCUT2D eigenvalue weighted by Crippen LogP contribution is 2.11. The molecule has 1 amide bonds. The van der Waals surface area contributed by atoms with Crippen molar-refractivity contribution >= 4 is 28.3 Å². The molecule has 0 aliphatic rings. The quantitative estimate of drug-likeness (QED) is 0.637. The van der Waals surface area contributed by atoms with Gasteiger partial charge in [0, 0.05) is 25.5 Å². The van der Waals surface area contributed by atoms with Crippen molar-refractivity contribution in [3.8, 4) is 0 Å². The molecule has 0 fully saturated rings. The number of thiazole rings is 1. The Labute approximate surface area is 108 Å². The van der Waals surface area contributed by atoms with Gasteiger partial charge < -0.3 is 20.9 Å². The number of carboxylic acids is 1. The SMILES string of the molecule is COCCC(NC(=O)Cc1csc(N)n1)C(=O)O. The number of aliphatic carboxylic acids is 1. The number of ether oxygens (including phenoxy) is 1. The van der Waals surface area contributed by atoms with Crippen LogP contribution in [0.15, 0.2) is 5.38 Å². The van der Waals surface area contributed by atoms with Crippen LogP contribution in [0.25, 0.3) is 0 Å². The van der Waals surface area contributed by atoms with E-state index in [2.05, 4.69) is 10.3 Å². The first-order chi connectivity index (χ1) is 8.52. The summed E-state index contributed by atoms with van der Waals surface area (Å²) in [5.74, 6) is -1.48. The number of amides is 1. The molecule has 1 aromatic heterocycles. The Morgan fingerprint density at radius 3 is 2.89 bits per heavy atom. The highest BCUT2D eigenvalue weighted by molar-refractivity contribution is 7.13. The van der Waals surface area contributed by atoms with Crippen LogP contribution >= 0.6 is 11.3 Å². The molecule has 0 saturated carbocycles. The molecular weight excluding hydrogens is 258 g/mol. The predicted octanol–water partition coefficient (Wildman–Crippen LogP) is -0.126. The molecule has 0 aliphatic heterocycles. The van der Waals surface area contributed by atoms with E-state index >= 15 is 0 Å². The fourth-order valence-corrected chi connectivity index (χ4v) is 1.87. The third-order valence-corrected chi connectivity index (χ3v) is 2.88. The zero-order valence-corrected chi connectivity index (χ0v) is 10.7. The second-order valence-electron chi connectivity index (χ2n) is 3.59. The molecule has 1 atom stereocenters. The van der Waals surface area contributed by atoms with Crippen molar-refractivity contribution in [2.75, 3.05) is 19.5 Å². The van der Waals surface area contributed by atoms with Gasteiger partial charge in [-0.05, 0) is 0 Å². The van der Waals surface area contributed by atoms with Crippen LogP contribution in [0.4, 0.5) is 5.13 Å². The fourth-order valence-electron chi connectivity index (χ4n) is 1.31. The maximum atomic E-state index is 11.6. The van der Waals surface area contributed by atoms with Crippen LogP contribution in [0.5, 0.6) is 0 Å². The lowest BCUT2D eigenvalue weighted by molar-refractivity contribution is -0.142. The van der Waals surface area contributed by atoms with Crippen molar-refractivity contribution in [1.29, 1.82) is 0 Å². The van der Waals surface area contributed by atoms with Gasteiger partial charge >= 0.3 is 5.97 Å². The van der Waals surface area contributed by atoms with Crippen LogP contribution in [0.3, 0.4) is 0 Å². The summed E-state index contributed by atoms with van der Waals surface area (Å²) in [6.07, 6.45) is 0.237. The van der Waals surface area contributed by atoms with E-state index in [1.54, 1.807) is 5.38 Å². The number of carbonyl (C=O) groups is 2. The summed E-state index contributed by atoms with van der Waals surface area (Å²) in [6, 6.07) is -0.951. The molecule has 0 bridgehead atoms. The molecule has 1 heterocycles. The fraction of sp³-hybridized carbons (Fsp3) is 0.500. The third-order valence-electron chi connectivity index (χ3n) is 2.16. The number of rotatable bonds is 7. The van der Waals surface area contributed by atoms with Crippen molar-refractivity contribution in [2.24, 2.45) is 0 Å². The van der Waals surface area contributed by atoms with Crippen molar-refractivity contribution in [2.45, 2.75) is 18.9 Å². The van der Waals surface area contributed by atoms with E-state index < -0.39 is 17.9 Å². The summed E-state index contributed by atoms with van der Waals surface area (Å²) in [5, 5.41) is 13.4. The number of nitrogens with one attached hydrogen (secondary N) is 1. The zero-order valence-electron chi connectivity index (χ0n) is 9.88. The van der Waals surface area contributed by atoms with E-state index in [0.29, 0.717) is 10.8 Å². The highest BCUT2D eigenvalue weighted by atomic mass is 32.1. The number of hydrogen-bond donors (Lipinski definition) is 3. The normalized spacial score (nSPS) is 12.1. The first-order valence-electron chi connectivity index (χ1n) is 5.24. The molecule has 0 spiro atoms. The number of nitrogen functional groups attached to an aromatic ring is 1. The number of methoxy groups -OCH3 is 1. The summed E-state index contributed by atoms with van der Waals surface area (Å²) in [7, 11) is 1.47. The van der Waals surface area contributed by atoms with Gasteiger partial charge in [0.25, 0.3) is 0 Å².